The molecule has 3 aliphatic heterocycles. The van der Waals surface area contributed by atoms with Gasteiger partial charge in [-0.3, -0.25) is 9.78 Å². The molecule has 1 aromatic carbocycles. The van der Waals surface area contributed by atoms with Crippen LogP contribution >= 0.6 is 0 Å². The van der Waals surface area contributed by atoms with Crippen LogP contribution in [-0.2, 0) is 29.9 Å². The number of sulfonamides is 1. The van der Waals surface area contributed by atoms with Crippen molar-refractivity contribution >= 4 is 15.9 Å². The van der Waals surface area contributed by atoms with Crippen molar-refractivity contribution in [3.63, 3.8) is 0 Å². The molecule has 10 nitrogen and oxygen atoms in total. The number of rotatable bonds is 12. The minimum atomic E-state index is -3.75. The van der Waals surface area contributed by atoms with E-state index in [1.807, 2.05) is 23.2 Å². The van der Waals surface area contributed by atoms with Gasteiger partial charge in [0.25, 0.3) is 0 Å². The van der Waals surface area contributed by atoms with Crippen molar-refractivity contribution < 1.29 is 27.4 Å². The Morgan fingerprint density at radius 3 is 2.51 bits per heavy atom. The van der Waals surface area contributed by atoms with E-state index in [-0.39, 0.29) is 25.2 Å². The van der Waals surface area contributed by atoms with E-state index in [0.717, 1.165) is 38.0 Å². The molecule has 2 aromatic rings. The van der Waals surface area contributed by atoms with Crippen LogP contribution in [-0.4, -0.2) is 106 Å². The van der Waals surface area contributed by atoms with Gasteiger partial charge in [-0.1, -0.05) is 12.5 Å². The number of aromatic nitrogens is 1. The van der Waals surface area contributed by atoms with E-state index in [4.69, 9.17) is 14.2 Å². The van der Waals surface area contributed by atoms with Gasteiger partial charge in [0.1, 0.15) is 18.0 Å². The number of carbonyl (C=O) groups is 1. The summed E-state index contributed by atoms with van der Waals surface area (Å²) in [4.78, 5) is 22.2. The third-order valence-electron chi connectivity index (χ3n) is 9.10. The summed E-state index contributed by atoms with van der Waals surface area (Å²) in [5, 5.41) is 0. The van der Waals surface area contributed by atoms with Crippen LogP contribution in [0.15, 0.2) is 41.6 Å². The van der Waals surface area contributed by atoms with Crippen molar-refractivity contribution in [1.29, 1.82) is 0 Å². The van der Waals surface area contributed by atoms with Crippen LogP contribution in [0.1, 0.15) is 55.2 Å². The molecule has 43 heavy (non-hydrogen) atoms. The van der Waals surface area contributed by atoms with Gasteiger partial charge < -0.3 is 24.0 Å². The number of carbonyl (C=O) groups excluding carboxylic acids is 1. The summed E-state index contributed by atoms with van der Waals surface area (Å²) in [7, 11) is -2.17. The molecule has 2 unspecified atom stereocenters. The number of hydrogen-bond acceptors (Lipinski definition) is 8. The van der Waals surface area contributed by atoms with E-state index in [9.17, 15) is 13.2 Å². The summed E-state index contributed by atoms with van der Waals surface area (Å²) in [6.07, 6.45) is 9.17. The van der Waals surface area contributed by atoms with Crippen LogP contribution in [0.25, 0.3) is 0 Å². The topological polar surface area (TPSA) is 102 Å². The number of hydrogen-bond donors (Lipinski definition) is 0. The Hall–Kier alpha value is -2.57. The second-order valence-electron chi connectivity index (χ2n) is 12.1. The number of nitrogens with zero attached hydrogens (tertiary/aromatic N) is 4. The Morgan fingerprint density at radius 2 is 1.81 bits per heavy atom. The third-order valence-corrected chi connectivity index (χ3v) is 11.4. The number of methoxy groups -OCH3 is 1. The summed E-state index contributed by atoms with van der Waals surface area (Å²) in [5.41, 5.74) is 1.71. The summed E-state index contributed by atoms with van der Waals surface area (Å²) >= 11 is 0. The zero-order valence-corrected chi connectivity index (χ0v) is 26.6. The van der Waals surface area contributed by atoms with E-state index in [1.165, 1.54) is 12.8 Å². The van der Waals surface area contributed by atoms with Gasteiger partial charge in [-0.15, -0.1) is 0 Å². The first-order chi connectivity index (χ1) is 20.7. The standard InChI is InChI=1S/C32H46N4O6S/c1-25-19-29(40-3)20-26(2)31(25)43(38,39)36-15-5-4-10-28(36)22-41-23-30(37)35-16-11-32(24-35,27-9-8-12-33-21-27)42-18-17-34-13-6-7-14-34/h8-9,12,19-21,28H,4-7,10-11,13-18,22-24H2,1-3H3. The molecule has 236 valence electrons. The summed E-state index contributed by atoms with van der Waals surface area (Å²) in [6.45, 7) is 8.85. The minimum Gasteiger partial charge on any atom is -0.497 e. The Labute approximate surface area is 256 Å². The number of amides is 1. The Balaban J connectivity index is 1.20. The molecule has 11 heteroatoms. The van der Waals surface area contributed by atoms with Crippen LogP contribution in [0, 0.1) is 13.8 Å². The van der Waals surface area contributed by atoms with Crippen molar-refractivity contribution in [1.82, 2.24) is 19.1 Å². The molecule has 3 aliphatic rings. The number of piperidine rings is 1. The van der Waals surface area contributed by atoms with Gasteiger partial charge >= 0.3 is 0 Å². The lowest BCUT2D eigenvalue weighted by atomic mass is 9.94. The fraction of sp³-hybridized carbons (Fsp3) is 0.625. The van der Waals surface area contributed by atoms with Crippen molar-refractivity contribution in [2.45, 2.75) is 68.9 Å². The van der Waals surface area contributed by atoms with E-state index in [0.29, 0.717) is 60.9 Å². The van der Waals surface area contributed by atoms with E-state index >= 15 is 0 Å². The molecule has 2 atom stereocenters. The van der Waals surface area contributed by atoms with E-state index < -0.39 is 15.6 Å². The molecule has 3 fully saturated rings. The maximum atomic E-state index is 13.9. The van der Waals surface area contributed by atoms with Crippen molar-refractivity contribution in [3.8, 4) is 5.75 Å². The Morgan fingerprint density at radius 1 is 1.07 bits per heavy atom. The summed E-state index contributed by atoms with van der Waals surface area (Å²) in [5.74, 6) is 0.526. The fourth-order valence-corrected chi connectivity index (χ4v) is 8.92. The summed E-state index contributed by atoms with van der Waals surface area (Å²) < 4.78 is 47.1. The van der Waals surface area contributed by atoms with Crippen LogP contribution in [0.2, 0.25) is 0 Å². The molecular formula is C32H46N4O6S. The predicted octanol–water partition coefficient (Wildman–Crippen LogP) is 3.51. The zero-order chi connectivity index (χ0) is 30.5. The van der Waals surface area contributed by atoms with Gasteiger partial charge in [-0.25, -0.2) is 8.42 Å². The van der Waals surface area contributed by atoms with Crippen molar-refractivity contribution in [2.75, 3.05) is 66.2 Å². The molecule has 0 spiro atoms. The third kappa shape index (κ3) is 7.23. The lowest BCUT2D eigenvalue weighted by Crippen LogP contribution is -2.47. The largest absolute Gasteiger partial charge is 0.497 e. The maximum Gasteiger partial charge on any atom is 0.248 e. The first-order valence-electron chi connectivity index (χ1n) is 15.5. The first-order valence-corrected chi connectivity index (χ1v) is 17.0. The Kier molecular flexibility index (Phi) is 10.4. The number of ether oxygens (including phenoxy) is 3. The highest BCUT2D eigenvalue weighted by Crippen LogP contribution is 2.36. The van der Waals surface area contributed by atoms with Crippen LogP contribution < -0.4 is 4.74 Å². The Bertz CT molecular complexity index is 1330. The van der Waals surface area contributed by atoms with Crippen LogP contribution in [0.3, 0.4) is 0 Å². The van der Waals surface area contributed by atoms with Gasteiger partial charge in [0.15, 0.2) is 0 Å². The highest BCUT2D eigenvalue weighted by Gasteiger charge is 2.43. The average Bonchev–Trinajstić information content (AvgIpc) is 3.69. The van der Waals surface area contributed by atoms with E-state index in [2.05, 4.69) is 9.88 Å². The monoisotopic (exact) mass is 614 g/mol. The normalized spacial score (nSPS) is 23.6. The minimum absolute atomic E-state index is 0.0954. The maximum absolute atomic E-state index is 13.9. The summed E-state index contributed by atoms with van der Waals surface area (Å²) in [6, 6.07) is 7.12. The van der Waals surface area contributed by atoms with E-state index in [1.54, 1.807) is 43.6 Å². The highest BCUT2D eigenvalue weighted by atomic mass is 32.2. The van der Waals surface area contributed by atoms with Gasteiger partial charge in [0.2, 0.25) is 15.9 Å². The van der Waals surface area contributed by atoms with Crippen molar-refractivity contribution in [3.05, 3.63) is 53.3 Å². The quantitative estimate of drug-likeness (QED) is 0.358. The highest BCUT2D eigenvalue weighted by molar-refractivity contribution is 7.89. The average molecular weight is 615 g/mol. The smallest absolute Gasteiger partial charge is 0.248 e. The lowest BCUT2D eigenvalue weighted by Gasteiger charge is -2.35. The molecule has 5 rings (SSSR count). The second-order valence-corrected chi connectivity index (χ2v) is 13.9. The van der Waals surface area contributed by atoms with Crippen molar-refractivity contribution in [2.24, 2.45) is 0 Å². The molecule has 4 heterocycles. The fourth-order valence-electron chi connectivity index (χ4n) is 6.82. The second kappa shape index (κ2) is 14.0. The number of likely N-dealkylation sites (tertiary alicyclic amines) is 2. The van der Waals surface area contributed by atoms with Gasteiger partial charge in [0, 0.05) is 50.1 Å². The van der Waals surface area contributed by atoms with Gasteiger partial charge in [-0.05, 0) is 81.9 Å². The molecule has 0 aliphatic carbocycles. The van der Waals surface area contributed by atoms with Crippen LogP contribution in [0.4, 0.5) is 0 Å². The number of pyridine rings is 1. The molecule has 1 amide bonds. The van der Waals surface area contributed by atoms with Crippen LogP contribution in [0.5, 0.6) is 5.75 Å². The molecule has 1 aromatic heterocycles. The molecule has 3 saturated heterocycles. The van der Waals surface area contributed by atoms with Gasteiger partial charge in [-0.2, -0.15) is 4.31 Å². The lowest BCUT2D eigenvalue weighted by molar-refractivity contribution is -0.137. The molecule has 0 N–H and O–H groups in total. The number of benzene rings is 1. The molecule has 0 radical (unpaired) electrons. The number of aryl methyl sites for hydroxylation is 2. The first kappa shape index (κ1) is 31.8. The molecule has 0 bridgehead atoms. The molecular weight excluding hydrogens is 568 g/mol. The molecule has 0 saturated carbocycles. The SMILES string of the molecule is COc1cc(C)c(S(=O)(=O)N2CCCCC2COCC(=O)N2CCC(OCCN3CCCC3)(c3cccnc3)C2)c(C)c1. The predicted molar refractivity (Wildman–Crippen MR) is 164 cm³/mol. The van der Waals surface area contributed by atoms with Gasteiger partial charge in [0.05, 0.1) is 31.8 Å². The zero-order valence-electron chi connectivity index (χ0n) is 25.8.